The number of rotatable bonds is 5. The highest BCUT2D eigenvalue weighted by Crippen LogP contribution is 2.43. The predicted octanol–water partition coefficient (Wildman–Crippen LogP) is 14.3. The van der Waals surface area contributed by atoms with Crippen molar-refractivity contribution in [3.8, 4) is 22.3 Å². The van der Waals surface area contributed by atoms with Crippen LogP contribution < -0.4 is 4.90 Å². The minimum atomic E-state index is 1.12. The van der Waals surface area contributed by atoms with E-state index in [-0.39, 0.29) is 0 Å². The van der Waals surface area contributed by atoms with Crippen LogP contribution in [0.2, 0.25) is 0 Å². The Labute approximate surface area is 294 Å². The predicted molar refractivity (Wildman–Crippen MR) is 217 cm³/mol. The molecule has 9 aromatic carbocycles. The van der Waals surface area contributed by atoms with E-state index in [0.717, 1.165) is 17.1 Å². The molecular formula is C48H31NS. The van der Waals surface area contributed by atoms with E-state index in [1.807, 2.05) is 11.3 Å². The first-order valence-corrected chi connectivity index (χ1v) is 17.9. The highest BCUT2D eigenvalue weighted by molar-refractivity contribution is 7.26. The third-order valence-electron chi connectivity index (χ3n) is 10.1. The first kappa shape index (κ1) is 28.8. The molecule has 0 aliphatic heterocycles. The molecule has 0 N–H and O–H groups in total. The highest BCUT2D eigenvalue weighted by Gasteiger charge is 2.16. The van der Waals surface area contributed by atoms with Crippen LogP contribution in [0, 0.1) is 0 Å². The molecule has 1 aromatic heterocycles. The van der Waals surface area contributed by atoms with Crippen molar-refractivity contribution in [1.82, 2.24) is 0 Å². The Morgan fingerprint density at radius 1 is 0.320 bits per heavy atom. The van der Waals surface area contributed by atoms with Gasteiger partial charge in [-0.25, -0.2) is 0 Å². The molecule has 0 unspecified atom stereocenters. The Kier molecular flexibility index (Phi) is 6.75. The molecule has 0 aliphatic carbocycles. The average molecular weight is 654 g/mol. The fourth-order valence-corrected chi connectivity index (χ4v) is 8.92. The quantitative estimate of drug-likeness (QED) is 0.167. The van der Waals surface area contributed by atoms with E-state index in [9.17, 15) is 0 Å². The zero-order valence-corrected chi connectivity index (χ0v) is 28.1. The molecule has 0 spiro atoms. The average Bonchev–Trinajstić information content (AvgIpc) is 3.58. The van der Waals surface area contributed by atoms with Crippen molar-refractivity contribution in [1.29, 1.82) is 0 Å². The normalized spacial score (nSPS) is 11.6. The molecule has 0 fully saturated rings. The summed E-state index contributed by atoms with van der Waals surface area (Å²) in [6.07, 6.45) is 0. The summed E-state index contributed by atoms with van der Waals surface area (Å²) in [6, 6.07) is 68.6. The second-order valence-electron chi connectivity index (χ2n) is 12.9. The van der Waals surface area contributed by atoms with Crippen molar-refractivity contribution in [2.24, 2.45) is 0 Å². The molecule has 0 atom stereocenters. The summed E-state index contributed by atoms with van der Waals surface area (Å²) >= 11 is 1.88. The van der Waals surface area contributed by atoms with Gasteiger partial charge in [0.15, 0.2) is 0 Å². The van der Waals surface area contributed by atoms with Gasteiger partial charge in [0, 0.05) is 37.2 Å². The van der Waals surface area contributed by atoms with Gasteiger partial charge in [-0.3, -0.25) is 0 Å². The summed E-state index contributed by atoms with van der Waals surface area (Å²) in [5.74, 6) is 0. The van der Waals surface area contributed by atoms with E-state index in [2.05, 4.69) is 193 Å². The second kappa shape index (κ2) is 11.7. The van der Waals surface area contributed by atoms with Crippen LogP contribution in [0.5, 0.6) is 0 Å². The molecule has 0 amide bonds. The maximum absolute atomic E-state index is 2.39. The van der Waals surface area contributed by atoms with Crippen LogP contribution in [-0.4, -0.2) is 0 Å². The van der Waals surface area contributed by atoms with Crippen LogP contribution in [0.25, 0.3) is 74.7 Å². The molecule has 0 radical (unpaired) electrons. The molecule has 0 aliphatic rings. The first-order valence-electron chi connectivity index (χ1n) is 17.1. The highest BCUT2D eigenvalue weighted by atomic mass is 32.1. The van der Waals surface area contributed by atoms with Crippen LogP contribution in [-0.2, 0) is 0 Å². The summed E-state index contributed by atoms with van der Waals surface area (Å²) < 4.78 is 2.67. The van der Waals surface area contributed by atoms with Gasteiger partial charge in [0.1, 0.15) is 0 Å². The fraction of sp³-hybridized carbons (Fsp3) is 0. The number of hydrogen-bond donors (Lipinski definition) is 0. The van der Waals surface area contributed by atoms with Gasteiger partial charge in [-0.15, -0.1) is 11.3 Å². The first-order chi connectivity index (χ1) is 24.8. The molecule has 10 rings (SSSR count). The van der Waals surface area contributed by atoms with Gasteiger partial charge in [-0.2, -0.15) is 0 Å². The van der Waals surface area contributed by atoms with Crippen molar-refractivity contribution in [2.75, 3.05) is 4.90 Å². The van der Waals surface area contributed by atoms with E-state index in [0.29, 0.717) is 0 Å². The molecule has 10 aromatic rings. The number of para-hydroxylation sites is 1. The number of fused-ring (bicyclic) bond motifs is 8. The van der Waals surface area contributed by atoms with Gasteiger partial charge < -0.3 is 4.90 Å². The summed E-state index contributed by atoms with van der Waals surface area (Å²) in [5, 5.41) is 10.3. The largest absolute Gasteiger partial charge is 0.311 e. The standard InChI is InChI=1S/C48H31NS/c1-2-12-35(13-3-1)49(36-26-21-33(22-27-36)39-18-10-19-44-43-17-8-9-20-47(43)50-48(39)44)37-28-23-34(24-29-37)45-31-46-38-14-5-4-11-32(38)25-30-42(46)40-15-6-7-16-41(40)45/h1-31H. The van der Waals surface area contributed by atoms with Crippen LogP contribution in [0.4, 0.5) is 17.1 Å². The van der Waals surface area contributed by atoms with Gasteiger partial charge in [-0.05, 0) is 103 Å². The summed E-state index contributed by atoms with van der Waals surface area (Å²) in [7, 11) is 0. The minimum absolute atomic E-state index is 1.12. The fourth-order valence-electron chi connectivity index (χ4n) is 7.68. The third-order valence-corrected chi connectivity index (χ3v) is 11.3. The third kappa shape index (κ3) is 4.69. The Morgan fingerprint density at radius 2 is 0.880 bits per heavy atom. The Balaban J connectivity index is 1.07. The topological polar surface area (TPSA) is 3.24 Å². The molecular weight excluding hydrogens is 623 g/mol. The molecule has 2 heteroatoms. The minimum Gasteiger partial charge on any atom is -0.311 e. The van der Waals surface area contributed by atoms with E-state index < -0.39 is 0 Å². The van der Waals surface area contributed by atoms with E-state index in [1.165, 1.54) is 74.7 Å². The lowest BCUT2D eigenvalue weighted by Crippen LogP contribution is -2.09. The lowest BCUT2D eigenvalue weighted by atomic mass is 9.91. The number of nitrogens with zero attached hydrogens (tertiary/aromatic N) is 1. The van der Waals surface area contributed by atoms with Crippen molar-refractivity contribution in [3.05, 3.63) is 188 Å². The maximum Gasteiger partial charge on any atom is 0.0462 e. The van der Waals surface area contributed by atoms with Gasteiger partial charge in [0.05, 0.1) is 0 Å². The van der Waals surface area contributed by atoms with Crippen molar-refractivity contribution in [2.45, 2.75) is 0 Å². The molecule has 0 saturated heterocycles. The maximum atomic E-state index is 2.39. The van der Waals surface area contributed by atoms with E-state index >= 15 is 0 Å². The number of hydrogen-bond acceptors (Lipinski definition) is 2. The van der Waals surface area contributed by atoms with Crippen LogP contribution in [0.15, 0.2) is 188 Å². The Morgan fingerprint density at radius 3 is 1.64 bits per heavy atom. The van der Waals surface area contributed by atoms with E-state index in [1.54, 1.807) is 0 Å². The van der Waals surface area contributed by atoms with Crippen LogP contribution in [0.1, 0.15) is 0 Å². The van der Waals surface area contributed by atoms with Crippen molar-refractivity contribution in [3.63, 3.8) is 0 Å². The van der Waals surface area contributed by atoms with Gasteiger partial charge in [0.2, 0.25) is 0 Å². The molecule has 1 heterocycles. The van der Waals surface area contributed by atoms with Gasteiger partial charge in [0.25, 0.3) is 0 Å². The monoisotopic (exact) mass is 653 g/mol. The zero-order valence-electron chi connectivity index (χ0n) is 27.3. The summed E-state index contributed by atoms with van der Waals surface area (Å²) in [6.45, 7) is 0. The van der Waals surface area contributed by atoms with Crippen LogP contribution >= 0.6 is 11.3 Å². The molecule has 0 saturated carbocycles. The van der Waals surface area contributed by atoms with Gasteiger partial charge >= 0.3 is 0 Å². The van der Waals surface area contributed by atoms with Crippen molar-refractivity contribution < 1.29 is 0 Å². The Hall–Kier alpha value is -6.22. The molecule has 50 heavy (non-hydrogen) atoms. The lowest BCUT2D eigenvalue weighted by molar-refractivity contribution is 1.28. The van der Waals surface area contributed by atoms with Crippen molar-refractivity contribution >= 4 is 80.9 Å². The van der Waals surface area contributed by atoms with E-state index in [4.69, 9.17) is 0 Å². The number of benzene rings is 9. The second-order valence-corrected chi connectivity index (χ2v) is 13.9. The summed E-state index contributed by atoms with van der Waals surface area (Å²) in [5.41, 5.74) is 8.34. The summed E-state index contributed by atoms with van der Waals surface area (Å²) in [4.78, 5) is 2.35. The van der Waals surface area contributed by atoms with Crippen LogP contribution in [0.3, 0.4) is 0 Å². The lowest BCUT2D eigenvalue weighted by Gasteiger charge is -2.26. The molecule has 234 valence electrons. The zero-order chi connectivity index (χ0) is 33.0. The molecule has 1 nitrogen and oxygen atoms in total. The molecule has 0 bridgehead atoms. The number of thiophene rings is 1. The number of anilines is 3. The SMILES string of the molecule is c1ccc(N(c2ccc(-c3cc4c5ccccc5ccc4c4ccccc34)cc2)c2ccc(-c3cccc4c3sc3ccccc34)cc2)cc1. The Bertz CT molecular complexity index is 2850. The van der Waals surface area contributed by atoms with Gasteiger partial charge in [-0.1, -0.05) is 140 Å². The smallest absolute Gasteiger partial charge is 0.0462 e.